The first-order valence-corrected chi connectivity index (χ1v) is 6.85. The highest BCUT2D eigenvalue weighted by Crippen LogP contribution is 2.32. The third kappa shape index (κ3) is 3.48. The number of benzene rings is 1. The molecule has 0 radical (unpaired) electrons. The Hall–Kier alpha value is -1.04. The lowest BCUT2D eigenvalue weighted by atomic mass is 9.79. The molecule has 0 N–H and O–H groups in total. The minimum Gasteiger partial charge on any atom is -0.0841 e. The van der Waals surface area contributed by atoms with E-state index < -0.39 is 0 Å². The maximum Gasteiger partial charge on any atom is -0.0132 e. The molecule has 100 valence electrons. The second-order valence-electron chi connectivity index (χ2n) is 7.27. The molecule has 0 heteroatoms. The predicted octanol–water partition coefficient (Wildman–Crippen LogP) is 5.70. The summed E-state index contributed by atoms with van der Waals surface area (Å²) in [7, 11) is 0. The van der Waals surface area contributed by atoms with E-state index in [-0.39, 0.29) is 10.8 Å². The topological polar surface area (TPSA) is 0 Å². The fourth-order valence-corrected chi connectivity index (χ4v) is 1.89. The molecular formula is C18H28. The lowest BCUT2D eigenvalue weighted by Gasteiger charge is -2.26. The van der Waals surface area contributed by atoms with E-state index in [4.69, 9.17) is 0 Å². The molecule has 0 bridgehead atoms. The summed E-state index contributed by atoms with van der Waals surface area (Å²) in [5.41, 5.74) is 5.95. The molecule has 0 heterocycles. The van der Waals surface area contributed by atoms with Gasteiger partial charge in [0.2, 0.25) is 0 Å². The van der Waals surface area contributed by atoms with Crippen molar-refractivity contribution in [1.82, 2.24) is 0 Å². The number of allylic oxidation sites excluding steroid dienone is 2. The SMILES string of the molecule is C/C=C(\C)c1cc(C(C)(C)C)cc(C(C)(C)C)c1. The van der Waals surface area contributed by atoms with Crippen LogP contribution < -0.4 is 0 Å². The Balaban J connectivity index is 3.49. The average molecular weight is 244 g/mol. The molecule has 1 aromatic rings. The van der Waals surface area contributed by atoms with Crippen LogP contribution in [0.3, 0.4) is 0 Å². The molecule has 0 saturated heterocycles. The number of rotatable bonds is 1. The smallest absolute Gasteiger partial charge is 0.0132 e. The van der Waals surface area contributed by atoms with Gasteiger partial charge in [-0.1, -0.05) is 65.8 Å². The molecular weight excluding hydrogens is 216 g/mol. The van der Waals surface area contributed by atoms with Crippen LogP contribution in [0.5, 0.6) is 0 Å². The highest BCUT2D eigenvalue weighted by atomic mass is 14.2. The zero-order valence-electron chi connectivity index (χ0n) is 13.3. The van der Waals surface area contributed by atoms with Crippen molar-refractivity contribution in [2.45, 2.75) is 66.2 Å². The lowest BCUT2D eigenvalue weighted by molar-refractivity contribution is 0.568. The molecule has 0 nitrogen and oxygen atoms in total. The molecule has 0 aliphatic rings. The molecule has 0 unspecified atom stereocenters. The van der Waals surface area contributed by atoms with Gasteiger partial charge in [-0.15, -0.1) is 0 Å². The monoisotopic (exact) mass is 244 g/mol. The maximum atomic E-state index is 2.37. The fourth-order valence-electron chi connectivity index (χ4n) is 1.89. The van der Waals surface area contributed by atoms with Crippen molar-refractivity contribution in [2.75, 3.05) is 0 Å². The second kappa shape index (κ2) is 4.91. The van der Waals surface area contributed by atoms with Crippen LogP contribution in [0, 0.1) is 0 Å². The largest absolute Gasteiger partial charge is 0.0841 e. The molecule has 0 aliphatic carbocycles. The standard InChI is InChI=1S/C18H28/c1-9-13(2)14-10-15(17(3,4)5)12-16(11-14)18(6,7)8/h9-12H,1-8H3/b13-9+. The first kappa shape index (κ1) is 15.0. The van der Waals surface area contributed by atoms with E-state index in [1.807, 2.05) is 0 Å². The summed E-state index contributed by atoms with van der Waals surface area (Å²) < 4.78 is 0. The van der Waals surface area contributed by atoms with Gasteiger partial charge >= 0.3 is 0 Å². The van der Waals surface area contributed by atoms with E-state index in [0.29, 0.717) is 0 Å². The van der Waals surface area contributed by atoms with Crippen molar-refractivity contribution in [3.8, 4) is 0 Å². The van der Waals surface area contributed by atoms with E-state index >= 15 is 0 Å². The highest BCUT2D eigenvalue weighted by Gasteiger charge is 2.20. The van der Waals surface area contributed by atoms with Gasteiger partial charge in [-0.3, -0.25) is 0 Å². The summed E-state index contributed by atoms with van der Waals surface area (Å²) in [6.07, 6.45) is 2.19. The molecule has 0 fully saturated rings. The highest BCUT2D eigenvalue weighted by molar-refractivity contribution is 5.65. The fraction of sp³-hybridized carbons (Fsp3) is 0.556. The van der Waals surface area contributed by atoms with Crippen molar-refractivity contribution in [3.63, 3.8) is 0 Å². The van der Waals surface area contributed by atoms with E-state index in [9.17, 15) is 0 Å². The van der Waals surface area contributed by atoms with E-state index in [1.165, 1.54) is 22.3 Å². The van der Waals surface area contributed by atoms with Crippen LogP contribution in [0.2, 0.25) is 0 Å². The van der Waals surface area contributed by atoms with Gasteiger partial charge in [0.15, 0.2) is 0 Å². The third-order valence-electron chi connectivity index (χ3n) is 3.55. The van der Waals surface area contributed by atoms with Crippen LogP contribution in [0.25, 0.3) is 5.57 Å². The molecule has 0 aromatic heterocycles. The van der Waals surface area contributed by atoms with Gasteiger partial charge in [-0.2, -0.15) is 0 Å². The molecule has 0 spiro atoms. The summed E-state index contributed by atoms with van der Waals surface area (Å²) in [4.78, 5) is 0. The first-order chi connectivity index (χ1) is 8.05. The predicted molar refractivity (Wildman–Crippen MR) is 83.2 cm³/mol. The Morgan fingerprint density at radius 3 is 1.50 bits per heavy atom. The van der Waals surface area contributed by atoms with E-state index in [0.717, 1.165) is 0 Å². The van der Waals surface area contributed by atoms with Crippen LogP contribution in [0.15, 0.2) is 24.3 Å². The van der Waals surface area contributed by atoms with Gasteiger partial charge < -0.3 is 0 Å². The Morgan fingerprint density at radius 1 is 0.833 bits per heavy atom. The summed E-state index contributed by atoms with van der Waals surface area (Å²) in [6.45, 7) is 18.0. The summed E-state index contributed by atoms with van der Waals surface area (Å²) in [5.74, 6) is 0. The average Bonchev–Trinajstić information content (AvgIpc) is 2.25. The quantitative estimate of drug-likeness (QED) is 0.594. The maximum absolute atomic E-state index is 2.37. The third-order valence-corrected chi connectivity index (χ3v) is 3.55. The molecule has 0 amide bonds. The van der Waals surface area contributed by atoms with Gasteiger partial charge in [-0.25, -0.2) is 0 Å². The van der Waals surface area contributed by atoms with Crippen molar-refractivity contribution in [3.05, 3.63) is 41.0 Å². The Morgan fingerprint density at radius 2 is 1.22 bits per heavy atom. The molecule has 1 rings (SSSR count). The molecule has 0 atom stereocenters. The van der Waals surface area contributed by atoms with Crippen LogP contribution >= 0.6 is 0 Å². The lowest BCUT2D eigenvalue weighted by Crippen LogP contribution is -2.16. The molecule has 0 saturated carbocycles. The number of hydrogen-bond donors (Lipinski definition) is 0. The first-order valence-electron chi connectivity index (χ1n) is 6.85. The Bertz CT molecular complexity index is 416. The van der Waals surface area contributed by atoms with E-state index in [2.05, 4.69) is 79.7 Å². The van der Waals surface area contributed by atoms with Crippen LogP contribution in [0.1, 0.15) is 72.1 Å². The van der Waals surface area contributed by atoms with Crippen molar-refractivity contribution < 1.29 is 0 Å². The zero-order valence-corrected chi connectivity index (χ0v) is 13.3. The van der Waals surface area contributed by atoms with Crippen molar-refractivity contribution in [2.24, 2.45) is 0 Å². The van der Waals surface area contributed by atoms with Gasteiger partial charge in [0.1, 0.15) is 0 Å². The summed E-state index contributed by atoms with van der Waals surface area (Å²) >= 11 is 0. The summed E-state index contributed by atoms with van der Waals surface area (Å²) in [6, 6.07) is 7.04. The minimum absolute atomic E-state index is 0.198. The van der Waals surface area contributed by atoms with Gasteiger partial charge in [0.05, 0.1) is 0 Å². The van der Waals surface area contributed by atoms with Crippen LogP contribution in [-0.4, -0.2) is 0 Å². The minimum atomic E-state index is 0.198. The van der Waals surface area contributed by atoms with Crippen LogP contribution in [0.4, 0.5) is 0 Å². The van der Waals surface area contributed by atoms with E-state index in [1.54, 1.807) is 0 Å². The van der Waals surface area contributed by atoms with Crippen LogP contribution in [-0.2, 0) is 10.8 Å². The zero-order chi connectivity index (χ0) is 14.1. The molecule has 0 aliphatic heterocycles. The second-order valence-corrected chi connectivity index (χ2v) is 7.27. The molecule has 18 heavy (non-hydrogen) atoms. The van der Waals surface area contributed by atoms with Gasteiger partial charge in [-0.05, 0) is 46.9 Å². The normalized spacial score (nSPS) is 13.9. The van der Waals surface area contributed by atoms with Crippen molar-refractivity contribution in [1.29, 1.82) is 0 Å². The van der Waals surface area contributed by atoms with Crippen molar-refractivity contribution >= 4 is 5.57 Å². The van der Waals surface area contributed by atoms with Gasteiger partial charge in [0.25, 0.3) is 0 Å². The Labute approximate surface area is 113 Å². The van der Waals surface area contributed by atoms with Gasteiger partial charge in [0, 0.05) is 0 Å². The summed E-state index contributed by atoms with van der Waals surface area (Å²) in [5, 5.41) is 0. The number of hydrogen-bond acceptors (Lipinski definition) is 0. The Kier molecular flexibility index (Phi) is 4.10. The molecule has 1 aromatic carbocycles.